The molecule has 2 aliphatic rings. The van der Waals surface area contributed by atoms with Gasteiger partial charge in [-0.25, -0.2) is 0 Å². The van der Waals surface area contributed by atoms with Crippen LogP contribution in [0.25, 0.3) is 6.08 Å². The molecule has 2 aromatic carbocycles. The number of fused-ring (bicyclic) bond motifs is 1. The zero-order valence-corrected chi connectivity index (χ0v) is 18.4. The van der Waals surface area contributed by atoms with Crippen LogP contribution in [0.1, 0.15) is 17.5 Å². The third-order valence-corrected chi connectivity index (χ3v) is 5.65. The number of rotatable bonds is 5. The number of para-hydroxylation sites is 1. The van der Waals surface area contributed by atoms with Crippen molar-refractivity contribution in [3.05, 3.63) is 58.6 Å². The molecule has 7 heteroatoms. The maximum atomic E-state index is 12.8. The minimum atomic E-state index is -0.0833. The first-order valence-corrected chi connectivity index (χ1v) is 10.9. The fourth-order valence-electron chi connectivity index (χ4n) is 3.73. The molecule has 2 aliphatic heterocycles. The Kier molecular flexibility index (Phi) is 6.99. The Bertz CT molecular complexity index is 957. The van der Waals surface area contributed by atoms with Crippen molar-refractivity contribution in [2.24, 2.45) is 0 Å². The fourth-order valence-corrected chi connectivity index (χ4v) is 4.01. The number of carbonyl (C=O) groups excluding carboxylic acids is 1. The fraction of sp³-hybridized carbons (Fsp3) is 0.375. The first-order valence-electron chi connectivity index (χ1n) is 10.5. The molecule has 4 rings (SSSR count). The minimum Gasteiger partial charge on any atom is -0.489 e. The third-order valence-electron chi connectivity index (χ3n) is 5.37. The second-order valence-corrected chi connectivity index (χ2v) is 8.04. The number of hydrogen-bond acceptors (Lipinski definition) is 5. The Labute approximate surface area is 187 Å². The van der Waals surface area contributed by atoms with Gasteiger partial charge in [0.2, 0.25) is 5.91 Å². The molecule has 6 nitrogen and oxygen atoms in total. The molecule has 0 N–H and O–H groups in total. The van der Waals surface area contributed by atoms with Crippen molar-refractivity contribution >= 4 is 29.3 Å². The molecule has 1 saturated heterocycles. The van der Waals surface area contributed by atoms with E-state index in [9.17, 15) is 4.79 Å². The summed E-state index contributed by atoms with van der Waals surface area (Å²) in [5, 5.41) is 0.485. The molecule has 0 radical (unpaired) electrons. The number of amides is 1. The molecule has 2 heterocycles. The summed E-state index contributed by atoms with van der Waals surface area (Å²) in [5.74, 6) is 1.10. The molecule has 1 fully saturated rings. The first-order chi connectivity index (χ1) is 15.1. The van der Waals surface area contributed by atoms with Crippen LogP contribution < -0.4 is 14.4 Å². The smallest absolute Gasteiger partial charge is 0.246 e. The van der Waals surface area contributed by atoms with E-state index in [0.717, 1.165) is 49.5 Å². The molecule has 164 valence electrons. The van der Waals surface area contributed by atoms with Crippen LogP contribution in [0.5, 0.6) is 11.5 Å². The monoisotopic (exact) mass is 442 g/mol. The Morgan fingerprint density at radius 3 is 2.74 bits per heavy atom. The van der Waals surface area contributed by atoms with E-state index < -0.39 is 0 Å². The van der Waals surface area contributed by atoms with Gasteiger partial charge in [0.1, 0.15) is 0 Å². The van der Waals surface area contributed by atoms with Crippen molar-refractivity contribution < 1.29 is 19.0 Å². The van der Waals surface area contributed by atoms with Crippen LogP contribution in [0.15, 0.2) is 42.5 Å². The number of likely N-dealkylation sites (N-methyl/N-ethyl adjacent to an activating group) is 1. The van der Waals surface area contributed by atoms with Gasteiger partial charge < -0.3 is 24.0 Å². The molecular formula is C24H27ClN2O4. The number of ether oxygens (including phenoxy) is 3. The lowest BCUT2D eigenvalue weighted by Gasteiger charge is -2.31. The average molecular weight is 443 g/mol. The van der Waals surface area contributed by atoms with Crippen molar-refractivity contribution in [1.29, 1.82) is 0 Å². The number of hydrogen-bond donors (Lipinski definition) is 0. The quantitative estimate of drug-likeness (QED) is 0.655. The minimum absolute atomic E-state index is 0.0833. The Morgan fingerprint density at radius 2 is 1.90 bits per heavy atom. The van der Waals surface area contributed by atoms with Gasteiger partial charge in [0.05, 0.1) is 31.5 Å². The Balaban J connectivity index is 1.44. The zero-order valence-electron chi connectivity index (χ0n) is 17.7. The van der Waals surface area contributed by atoms with Crippen molar-refractivity contribution in [1.82, 2.24) is 4.90 Å². The van der Waals surface area contributed by atoms with Gasteiger partial charge in [0.15, 0.2) is 11.5 Å². The summed E-state index contributed by atoms with van der Waals surface area (Å²) >= 11 is 6.35. The normalized spacial score (nSPS) is 16.3. The van der Waals surface area contributed by atoms with Gasteiger partial charge >= 0.3 is 0 Å². The van der Waals surface area contributed by atoms with Gasteiger partial charge in [0.25, 0.3) is 0 Å². The van der Waals surface area contributed by atoms with Gasteiger partial charge in [-0.05, 0) is 35.4 Å². The lowest BCUT2D eigenvalue weighted by Crippen LogP contribution is -2.37. The number of carbonyl (C=O) groups is 1. The summed E-state index contributed by atoms with van der Waals surface area (Å²) in [4.78, 5) is 16.8. The van der Waals surface area contributed by atoms with E-state index in [-0.39, 0.29) is 5.91 Å². The maximum absolute atomic E-state index is 12.8. The van der Waals surface area contributed by atoms with Crippen LogP contribution in [-0.2, 0) is 16.1 Å². The third kappa shape index (κ3) is 5.32. The second kappa shape index (κ2) is 10.1. The SMILES string of the molecule is CN(Cc1ccccc1N1CCOCC1)C(=O)/C=C/c1cc(Cl)c2c(c1)OCCCO2. The molecule has 0 aliphatic carbocycles. The topological polar surface area (TPSA) is 51.2 Å². The number of morpholine rings is 1. The number of benzene rings is 2. The molecule has 0 unspecified atom stereocenters. The lowest BCUT2D eigenvalue weighted by atomic mass is 10.1. The molecule has 0 spiro atoms. The summed E-state index contributed by atoms with van der Waals surface area (Å²) in [6.07, 6.45) is 4.13. The molecule has 0 atom stereocenters. The van der Waals surface area contributed by atoms with E-state index in [1.54, 1.807) is 23.1 Å². The van der Waals surface area contributed by atoms with Crippen LogP contribution in [-0.4, -0.2) is 57.4 Å². The van der Waals surface area contributed by atoms with Gasteiger partial charge in [-0.2, -0.15) is 0 Å². The Morgan fingerprint density at radius 1 is 1.13 bits per heavy atom. The maximum Gasteiger partial charge on any atom is 0.246 e. The predicted molar refractivity (Wildman–Crippen MR) is 122 cm³/mol. The van der Waals surface area contributed by atoms with Crippen molar-refractivity contribution in [3.63, 3.8) is 0 Å². The van der Waals surface area contributed by atoms with E-state index in [1.165, 1.54) is 0 Å². The van der Waals surface area contributed by atoms with Crippen LogP contribution in [0.2, 0.25) is 5.02 Å². The average Bonchev–Trinajstić information content (AvgIpc) is 3.04. The number of halogens is 1. The summed E-state index contributed by atoms with van der Waals surface area (Å²) in [7, 11) is 1.81. The molecule has 2 aromatic rings. The summed E-state index contributed by atoms with van der Waals surface area (Å²) < 4.78 is 16.8. The Hall–Kier alpha value is -2.70. The highest BCUT2D eigenvalue weighted by Gasteiger charge is 2.17. The van der Waals surface area contributed by atoms with Crippen molar-refractivity contribution in [2.75, 3.05) is 51.5 Å². The highest BCUT2D eigenvalue weighted by atomic mass is 35.5. The van der Waals surface area contributed by atoms with Crippen LogP contribution >= 0.6 is 11.6 Å². The predicted octanol–water partition coefficient (Wildman–Crippen LogP) is 4.01. The largest absolute Gasteiger partial charge is 0.489 e. The van der Waals surface area contributed by atoms with Gasteiger partial charge in [0, 0.05) is 44.9 Å². The zero-order chi connectivity index (χ0) is 21.6. The first kappa shape index (κ1) is 21.5. The molecular weight excluding hydrogens is 416 g/mol. The van der Waals surface area contributed by atoms with E-state index in [1.807, 2.05) is 25.2 Å². The standard InChI is InChI=1S/C24H27ClN2O4/c1-26(17-19-5-2-3-6-21(19)27-9-13-29-14-10-27)23(28)8-7-18-15-20(25)24-22(16-18)30-11-4-12-31-24/h2-3,5-8,15-16H,4,9-14,17H2,1H3/b8-7+. The van der Waals surface area contributed by atoms with Gasteiger partial charge in [-0.1, -0.05) is 29.8 Å². The van der Waals surface area contributed by atoms with Crippen LogP contribution in [0, 0.1) is 0 Å². The van der Waals surface area contributed by atoms with E-state index >= 15 is 0 Å². The van der Waals surface area contributed by atoms with Gasteiger partial charge in [-0.15, -0.1) is 0 Å². The lowest BCUT2D eigenvalue weighted by molar-refractivity contribution is -0.125. The van der Waals surface area contributed by atoms with Gasteiger partial charge in [-0.3, -0.25) is 4.79 Å². The molecule has 0 saturated carbocycles. The summed E-state index contributed by atoms with van der Waals surface area (Å²) in [6, 6.07) is 11.9. The van der Waals surface area contributed by atoms with Crippen molar-refractivity contribution in [2.45, 2.75) is 13.0 Å². The summed E-state index contributed by atoms with van der Waals surface area (Å²) in [6.45, 7) is 4.86. The van der Waals surface area contributed by atoms with Crippen LogP contribution in [0.3, 0.4) is 0 Å². The number of anilines is 1. The number of nitrogens with zero attached hydrogens (tertiary/aromatic N) is 2. The highest BCUT2D eigenvalue weighted by Crippen LogP contribution is 2.38. The molecule has 1 amide bonds. The molecule has 0 aromatic heterocycles. The second-order valence-electron chi connectivity index (χ2n) is 7.64. The molecule has 31 heavy (non-hydrogen) atoms. The van der Waals surface area contributed by atoms with Crippen molar-refractivity contribution in [3.8, 4) is 11.5 Å². The highest BCUT2D eigenvalue weighted by molar-refractivity contribution is 6.32. The van der Waals surface area contributed by atoms with E-state index in [4.69, 9.17) is 25.8 Å². The summed E-state index contributed by atoms with van der Waals surface area (Å²) in [5.41, 5.74) is 3.07. The van der Waals surface area contributed by atoms with E-state index in [2.05, 4.69) is 17.0 Å². The molecule has 0 bridgehead atoms. The van der Waals surface area contributed by atoms with E-state index in [0.29, 0.717) is 36.3 Å². The van der Waals surface area contributed by atoms with Crippen LogP contribution in [0.4, 0.5) is 5.69 Å².